The highest BCUT2D eigenvalue weighted by Gasteiger charge is 2.05. The van der Waals surface area contributed by atoms with E-state index < -0.39 is 0 Å². The Morgan fingerprint density at radius 1 is 1.10 bits per heavy atom. The number of aromatic nitrogens is 2. The normalized spacial score (nSPS) is 10.8. The molecule has 0 aliphatic heterocycles. The predicted octanol–water partition coefficient (Wildman–Crippen LogP) is 4.06. The number of rotatable bonds is 7. The minimum Gasteiger partial charge on any atom is -0.311 e. The van der Waals surface area contributed by atoms with Gasteiger partial charge in [-0.25, -0.2) is 9.97 Å². The van der Waals surface area contributed by atoms with Crippen molar-refractivity contribution in [2.75, 3.05) is 12.3 Å². The lowest BCUT2D eigenvalue weighted by molar-refractivity contribution is 0.662. The molecule has 1 aromatic heterocycles. The fourth-order valence-electron chi connectivity index (χ4n) is 2.11. The van der Waals surface area contributed by atoms with Crippen LogP contribution in [0.4, 0.5) is 0 Å². The number of hydrogen-bond acceptors (Lipinski definition) is 4. The van der Waals surface area contributed by atoms with E-state index >= 15 is 0 Å². The summed E-state index contributed by atoms with van der Waals surface area (Å²) in [6.07, 6.45) is 1.13. The topological polar surface area (TPSA) is 37.8 Å². The van der Waals surface area contributed by atoms with Gasteiger partial charge >= 0.3 is 0 Å². The molecule has 0 saturated carbocycles. The van der Waals surface area contributed by atoms with Crippen LogP contribution in [-0.4, -0.2) is 22.3 Å². The van der Waals surface area contributed by atoms with Crippen LogP contribution in [0.5, 0.6) is 0 Å². The molecule has 1 N–H and O–H groups in total. The molecule has 2 aromatic rings. The van der Waals surface area contributed by atoms with Gasteiger partial charge in [0.1, 0.15) is 0 Å². The van der Waals surface area contributed by atoms with Crippen molar-refractivity contribution in [2.45, 2.75) is 38.6 Å². The quantitative estimate of drug-likeness (QED) is 0.618. The van der Waals surface area contributed by atoms with Crippen LogP contribution in [0.3, 0.4) is 0 Å². The van der Waals surface area contributed by atoms with Crippen LogP contribution >= 0.6 is 11.8 Å². The summed E-state index contributed by atoms with van der Waals surface area (Å²) in [6.45, 7) is 8.17. The molecule has 112 valence electrons. The summed E-state index contributed by atoms with van der Waals surface area (Å²) in [4.78, 5) is 10.5. The summed E-state index contributed by atoms with van der Waals surface area (Å²) < 4.78 is 0. The highest BCUT2D eigenvalue weighted by molar-refractivity contribution is 7.99. The van der Waals surface area contributed by atoms with E-state index in [4.69, 9.17) is 0 Å². The first-order valence-electron chi connectivity index (χ1n) is 7.51. The Kier molecular flexibility index (Phi) is 6.21. The van der Waals surface area contributed by atoms with Crippen molar-refractivity contribution in [3.05, 3.63) is 41.7 Å². The molecule has 1 aromatic carbocycles. The largest absolute Gasteiger partial charge is 0.311 e. The van der Waals surface area contributed by atoms with Crippen LogP contribution in [0, 0.1) is 6.92 Å². The first-order valence-corrected chi connectivity index (χ1v) is 8.50. The first-order chi connectivity index (χ1) is 10.2. The van der Waals surface area contributed by atoms with Crippen molar-refractivity contribution in [2.24, 2.45) is 0 Å². The summed E-state index contributed by atoms with van der Waals surface area (Å²) in [6, 6.07) is 10.5. The Labute approximate surface area is 131 Å². The zero-order valence-electron chi connectivity index (χ0n) is 13.0. The van der Waals surface area contributed by atoms with Gasteiger partial charge in [0.2, 0.25) is 0 Å². The molecule has 21 heavy (non-hydrogen) atoms. The van der Waals surface area contributed by atoms with E-state index in [1.807, 2.05) is 24.8 Å². The van der Waals surface area contributed by atoms with Gasteiger partial charge in [-0.3, -0.25) is 0 Å². The van der Waals surface area contributed by atoms with Crippen molar-refractivity contribution in [1.82, 2.24) is 15.3 Å². The Balaban J connectivity index is 2.18. The van der Waals surface area contributed by atoms with Crippen molar-refractivity contribution < 1.29 is 0 Å². The van der Waals surface area contributed by atoms with E-state index in [9.17, 15) is 0 Å². The SMILES string of the molecule is CCCNCc1cc(C)nc(-c2ccc(SCC)cc2)n1. The number of hydrogen-bond donors (Lipinski definition) is 1. The maximum absolute atomic E-state index is 4.67. The Morgan fingerprint density at radius 3 is 2.52 bits per heavy atom. The molecule has 0 saturated heterocycles. The summed E-state index contributed by atoms with van der Waals surface area (Å²) in [5.74, 6) is 1.91. The van der Waals surface area contributed by atoms with E-state index in [0.29, 0.717) is 0 Å². The molecule has 0 spiro atoms. The molecule has 2 rings (SSSR count). The molecule has 3 nitrogen and oxygen atoms in total. The summed E-state index contributed by atoms with van der Waals surface area (Å²) in [5, 5.41) is 3.39. The highest BCUT2D eigenvalue weighted by atomic mass is 32.2. The van der Waals surface area contributed by atoms with Crippen molar-refractivity contribution in [1.29, 1.82) is 0 Å². The molecular weight excluding hydrogens is 278 g/mol. The molecule has 1 heterocycles. The zero-order chi connectivity index (χ0) is 15.1. The monoisotopic (exact) mass is 301 g/mol. The van der Waals surface area contributed by atoms with E-state index in [0.717, 1.165) is 48.0 Å². The number of nitrogens with one attached hydrogen (secondary N) is 1. The predicted molar refractivity (Wildman–Crippen MR) is 90.6 cm³/mol. The molecular formula is C17H23N3S. The van der Waals surface area contributed by atoms with Gasteiger partial charge in [-0.1, -0.05) is 26.0 Å². The molecule has 0 bridgehead atoms. The van der Waals surface area contributed by atoms with Gasteiger partial charge in [0.25, 0.3) is 0 Å². The van der Waals surface area contributed by atoms with Crippen molar-refractivity contribution in [3.8, 4) is 11.4 Å². The van der Waals surface area contributed by atoms with Crippen LogP contribution < -0.4 is 5.32 Å². The van der Waals surface area contributed by atoms with E-state index in [2.05, 4.69) is 53.4 Å². The van der Waals surface area contributed by atoms with Crippen LogP contribution in [0.25, 0.3) is 11.4 Å². The maximum atomic E-state index is 4.67. The highest BCUT2D eigenvalue weighted by Crippen LogP contribution is 2.22. The molecule has 0 amide bonds. The van der Waals surface area contributed by atoms with Gasteiger partial charge in [-0.05, 0) is 43.8 Å². The third-order valence-electron chi connectivity index (χ3n) is 3.06. The molecule has 0 unspecified atom stereocenters. The van der Waals surface area contributed by atoms with Gasteiger partial charge in [-0.15, -0.1) is 11.8 Å². The fourth-order valence-corrected chi connectivity index (χ4v) is 2.78. The third-order valence-corrected chi connectivity index (χ3v) is 3.96. The Bertz CT molecular complexity index is 567. The fraction of sp³-hybridized carbons (Fsp3) is 0.412. The Morgan fingerprint density at radius 2 is 1.86 bits per heavy atom. The average molecular weight is 301 g/mol. The average Bonchev–Trinajstić information content (AvgIpc) is 2.48. The molecule has 0 aliphatic rings. The Hall–Kier alpha value is -1.39. The summed E-state index contributed by atoms with van der Waals surface area (Å²) in [5.41, 5.74) is 3.15. The lowest BCUT2D eigenvalue weighted by Gasteiger charge is -2.07. The van der Waals surface area contributed by atoms with Crippen LogP contribution in [-0.2, 0) is 6.54 Å². The summed E-state index contributed by atoms with van der Waals surface area (Å²) >= 11 is 1.85. The van der Waals surface area contributed by atoms with Crippen molar-refractivity contribution in [3.63, 3.8) is 0 Å². The van der Waals surface area contributed by atoms with Crippen molar-refractivity contribution >= 4 is 11.8 Å². The van der Waals surface area contributed by atoms with Crippen LogP contribution in [0.2, 0.25) is 0 Å². The van der Waals surface area contributed by atoms with Gasteiger partial charge in [-0.2, -0.15) is 0 Å². The number of thioether (sulfide) groups is 1. The standard InChI is InChI=1S/C17H23N3S/c1-4-10-18-12-15-11-13(3)19-17(20-15)14-6-8-16(9-7-14)21-5-2/h6-9,11,18H,4-5,10,12H2,1-3H3. The third kappa shape index (κ3) is 4.83. The molecule has 0 radical (unpaired) electrons. The van der Waals surface area contributed by atoms with Gasteiger partial charge in [0.05, 0.1) is 5.69 Å². The maximum Gasteiger partial charge on any atom is 0.159 e. The number of aryl methyl sites for hydroxylation is 1. The molecule has 0 aliphatic carbocycles. The van der Waals surface area contributed by atoms with Crippen LogP contribution in [0.15, 0.2) is 35.2 Å². The molecule has 0 fully saturated rings. The lowest BCUT2D eigenvalue weighted by Crippen LogP contribution is -2.15. The van der Waals surface area contributed by atoms with Gasteiger partial charge < -0.3 is 5.32 Å². The zero-order valence-corrected chi connectivity index (χ0v) is 13.8. The van der Waals surface area contributed by atoms with E-state index in [-0.39, 0.29) is 0 Å². The minimum atomic E-state index is 0.800. The number of benzene rings is 1. The van der Waals surface area contributed by atoms with Gasteiger partial charge in [0, 0.05) is 22.7 Å². The summed E-state index contributed by atoms with van der Waals surface area (Å²) in [7, 11) is 0. The van der Waals surface area contributed by atoms with E-state index in [1.54, 1.807) is 0 Å². The second kappa shape index (κ2) is 8.15. The smallest absolute Gasteiger partial charge is 0.159 e. The molecule has 0 atom stereocenters. The van der Waals surface area contributed by atoms with E-state index in [1.165, 1.54) is 4.90 Å². The second-order valence-corrected chi connectivity index (χ2v) is 6.30. The minimum absolute atomic E-state index is 0.800. The second-order valence-electron chi connectivity index (χ2n) is 4.96. The molecule has 4 heteroatoms. The number of nitrogens with zero attached hydrogens (tertiary/aromatic N) is 2. The van der Waals surface area contributed by atoms with Gasteiger partial charge in [0.15, 0.2) is 5.82 Å². The lowest BCUT2D eigenvalue weighted by atomic mass is 10.2. The first kappa shape index (κ1) is 16.0. The van der Waals surface area contributed by atoms with Crippen LogP contribution in [0.1, 0.15) is 31.7 Å².